The predicted octanol–water partition coefficient (Wildman–Crippen LogP) is -1.20. The van der Waals surface area contributed by atoms with E-state index >= 15 is 0 Å². The van der Waals surface area contributed by atoms with Crippen molar-refractivity contribution in [2.75, 3.05) is 0 Å². The number of rotatable bonds is 2. The molecule has 0 radical (unpaired) electrons. The van der Waals surface area contributed by atoms with Crippen molar-refractivity contribution in [3.63, 3.8) is 0 Å². The molecule has 6 nitrogen and oxygen atoms in total. The molecule has 0 aromatic rings. The molecule has 0 bridgehead atoms. The second-order valence-corrected chi connectivity index (χ2v) is 3.84. The van der Waals surface area contributed by atoms with Gasteiger partial charge in [0.25, 0.3) is 23.6 Å². The number of carbonyl (C=O) groups excluding carboxylic acids is 4. The summed E-state index contributed by atoms with van der Waals surface area (Å²) in [6.07, 6.45) is 2.17. The highest BCUT2D eigenvalue weighted by Crippen LogP contribution is 2.29. The Morgan fingerprint density at radius 1 is 0.800 bits per heavy atom. The highest BCUT2D eigenvalue weighted by atomic mass is 32.2. The molecule has 2 aliphatic heterocycles. The molecular formula is C8H4N2O4S. The summed E-state index contributed by atoms with van der Waals surface area (Å²) in [5.41, 5.74) is 0. The number of amides is 4. The summed E-state index contributed by atoms with van der Waals surface area (Å²) < 4.78 is 0. The van der Waals surface area contributed by atoms with Crippen LogP contribution in [0.1, 0.15) is 0 Å². The molecule has 0 aromatic heterocycles. The van der Waals surface area contributed by atoms with Gasteiger partial charge in [-0.15, -0.1) is 0 Å². The van der Waals surface area contributed by atoms with Crippen LogP contribution in [-0.4, -0.2) is 23.6 Å². The van der Waals surface area contributed by atoms with Crippen LogP contribution in [0, 0.1) is 0 Å². The molecule has 2 aliphatic rings. The van der Waals surface area contributed by atoms with Crippen molar-refractivity contribution in [3.8, 4) is 0 Å². The summed E-state index contributed by atoms with van der Waals surface area (Å²) in [5.74, 6) is -2.16. The summed E-state index contributed by atoms with van der Waals surface area (Å²) >= 11 is 0.795. The van der Waals surface area contributed by atoms with Gasteiger partial charge in [-0.2, -0.15) is 0 Å². The third-order valence-electron chi connectivity index (χ3n) is 1.67. The fourth-order valence-corrected chi connectivity index (χ4v) is 1.91. The van der Waals surface area contributed by atoms with E-state index in [1.165, 1.54) is 0 Å². The van der Waals surface area contributed by atoms with E-state index in [1.54, 1.807) is 0 Å². The quantitative estimate of drug-likeness (QED) is 0.575. The summed E-state index contributed by atoms with van der Waals surface area (Å²) in [4.78, 5) is 44.0. The topological polar surface area (TPSA) is 92.3 Å². The Morgan fingerprint density at radius 3 is 1.47 bits per heavy atom. The molecular weight excluding hydrogens is 220 g/mol. The molecule has 4 amide bonds. The molecule has 0 fully saturated rings. The minimum atomic E-state index is -0.557. The van der Waals surface area contributed by atoms with Gasteiger partial charge in [-0.25, -0.2) is 0 Å². The first kappa shape index (κ1) is 9.66. The van der Waals surface area contributed by atoms with Crippen molar-refractivity contribution in [3.05, 3.63) is 22.0 Å². The number of nitrogens with one attached hydrogen (secondary N) is 2. The van der Waals surface area contributed by atoms with Gasteiger partial charge in [0.2, 0.25) is 0 Å². The Balaban J connectivity index is 2.17. The number of hydrogen-bond donors (Lipinski definition) is 2. The van der Waals surface area contributed by atoms with Gasteiger partial charge in [-0.05, 0) is 0 Å². The van der Waals surface area contributed by atoms with Gasteiger partial charge in [0, 0.05) is 12.2 Å². The zero-order chi connectivity index (χ0) is 11.0. The highest BCUT2D eigenvalue weighted by Gasteiger charge is 2.28. The first-order chi connectivity index (χ1) is 7.06. The third-order valence-corrected chi connectivity index (χ3v) is 2.71. The van der Waals surface area contributed by atoms with Crippen molar-refractivity contribution in [2.45, 2.75) is 0 Å². The maximum absolute atomic E-state index is 11.1. The largest absolute Gasteiger partial charge is 0.288 e. The van der Waals surface area contributed by atoms with Crippen LogP contribution < -0.4 is 10.6 Å². The van der Waals surface area contributed by atoms with E-state index in [1.807, 2.05) is 10.6 Å². The molecule has 0 atom stereocenters. The Morgan fingerprint density at radius 2 is 1.20 bits per heavy atom. The molecule has 0 aliphatic carbocycles. The molecule has 0 unspecified atom stereocenters. The average Bonchev–Trinajstić information content (AvgIpc) is 2.58. The van der Waals surface area contributed by atoms with Crippen LogP contribution in [0.15, 0.2) is 22.0 Å². The molecule has 2 rings (SSSR count). The lowest BCUT2D eigenvalue weighted by atomic mass is 10.5. The van der Waals surface area contributed by atoms with E-state index in [0.29, 0.717) is 0 Å². The minimum Gasteiger partial charge on any atom is -0.288 e. The Kier molecular flexibility index (Phi) is 2.16. The van der Waals surface area contributed by atoms with Crippen molar-refractivity contribution in [2.24, 2.45) is 0 Å². The van der Waals surface area contributed by atoms with Crippen molar-refractivity contribution < 1.29 is 19.2 Å². The lowest BCUT2D eigenvalue weighted by Gasteiger charge is -1.97. The van der Waals surface area contributed by atoms with Gasteiger partial charge in [0.05, 0.1) is 9.81 Å². The van der Waals surface area contributed by atoms with Crippen molar-refractivity contribution >= 4 is 35.4 Å². The second kappa shape index (κ2) is 3.35. The van der Waals surface area contributed by atoms with Gasteiger partial charge in [0.1, 0.15) is 0 Å². The van der Waals surface area contributed by atoms with Gasteiger partial charge in [-0.1, -0.05) is 11.8 Å². The monoisotopic (exact) mass is 224 g/mol. The van der Waals surface area contributed by atoms with Crippen LogP contribution in [0.5, 0.6) is 0 Å². The van der Waals surface area contributed by atoms with Crippen LogP contribution in [0.3, 0.4) is 0 Å². The Hall–Kier alpha value is -1.89. The summed E-state index contributed by atoms with van der Waals surface area (Å²) in [6.45, 7) is 0. The van der Waals surface area contributed by atoms with Crippen LogP contribution in [0.2, 0.25) is 0 Å². The second-order valence-electron chi connectivity index (χ2n) is 2.76. The summed E-state index contributed by atoms with van der Waals surface area (Å²) in [5, 5.41) is 4.06. The van der Waals surface area contributed by atoms with Crippen LogP contribution in [0.4, 0.5) is 0 Å². The lowest BCUT2D eigenvalue weighted by molar-refractivity contribution is -0.125. The van der Waals surface area contributed by atoms with E-state index in [-0.39, 0.29) is 9.81 Å². The molecule has 0 aromatic carbocycles. The maximum atomic E-state index is 11.1. The van der Waals surface area contributed by atoms with E-state index in [9.17, 15) is 19.2 Å². The summed E-state index contributed by atoms with van der Waals surface area (Å²) in [7, 11) is 0. The molecule has 0 saturated heterocycles. The Bertz CT molecular complexity index is 421. The third kappa shape index (κ3) is 1.82. The first-order valence-corrected chi connectivity index (χ1v) is 4.70. The molecule has 2 heterocycles. The zero-order valence-electron chi connectivity index (χ0n) is 7.20. The highest BCUT2D eigenvalue weighted by molar-refractivity contribution is 8.08. The van der Waals surface area contributed by atoms with Crippen LogP contribution in [-0.2, 0) is 19.2 Å². The van der Waals surface area contributed by atoms with Crippen molar-refractivity contribution in [1.29, 1.82) is 0 Å². The van der Waals surface area contributed by atoms with E-state index in [0.717, 1.165) is 23.9 Å². The lowest BCUT2D eigenvalue weighted by Crippen LogP contribution is -2.23. The molecule has 7 heteroatoms. The standard InChI is InChI=1S/C8H4N2O4S/c11-5-1-3(7(13)9-5)15-4-2-6(12)10-8(4)14/h1-2H,(H,9,11,13)(H,10,12,14). The van der Waals surface area contributed by atoms with Gasteiger partial charge < -0.3 is 0 Å². The Labute approximate surface area is 87.8 Å². The number of thioether (sulfide) groups is 1. The number of imide groups is 2. The molecule has 0 spiro atoms. The van der Waals surface area contributed by atoms with Crippen LogP contribution in [0.25, 0.3) is 0 Å². The predicted molar refractivity (Wildman–Crippen MR) is 50.1 cm³/mol. The zero-order valence-corrected chi connectivity index (χ0v) is 8.01. The molecule has 2 N–H and O–H groups in total. The molecule has 15 heavy (non-hydrogen) atoms. The minimum absolute atomic E-state index is 0.108. The SMILES string of the molecule is O=C1C=C(SC2=CC(=O)NC2=O)C(=O)N1. The van der Waals surface area contributed by atoms with Gasteiger partial charge >= 0.3 is 0 Å². The fourth-order valence-electron chi connectivity index (χ4n) is 1.06. The molecule has 76 valence electrons. The van der Waals surface area contributed by atoms with Crippen molar-refractivity contribution in [1.82, 2.24) is 10.6 Å². The van der Waals surface area contributed by atoms with Gasteiger partial charge in [0.15, 0.2) is 0 Å². The fraction of sp³-hybridized carbons (Fsp3) is 0. The average molecular weight is 224 g/mol. The van der Waals surface area contributed by atoms with Crippen LogP contribution >= 0.6 is 11.8 Å². The van der Waals surface area contributed by atoms with E-state index in [2.05, 4.69) is 0 Å². The first-order valence-electron chi connectivity index (χ1n) is 3.88. The maximum Gasteiger partial charge on any atom is 0.265 e. The summed E-state index contributed by atoms with van der Waals surface area (Å²) in [6, 6.07) is 0. The smallest absolute Gasteiger partial charge is 0.265 e. The van der Waals surface area contributed by atoms with E-state index < -0.39 is 23.6 Å². The molecule has 0 saturated carbocycles. The van der Waals surface area contributed by atoms with Gasteiger partial charge in [-0.3, -0.25) is 29.8 Å². The normalized spacial score (nSPS) is 20.0. The number of hydrogen-bond acceptors (Lipinski definition) is 5. The number of carbonyl (C=O) groups is 4. The van der Waals surface area contributed by atoms with E-state index in [4.69, 9.17) is 0 Å².